The molecule has 0 aliphatic heterocycles. The van der Waals surface area contributed by atoms with E-state index >= 15 is 0 Å². The summed E-state index contributed by atoms with van der Waals surface area (Å²) in [6.07, 6.45) is 0. The molecule has 0 unspecified atom stereocenters. The summed E-state index contributed by atoms with van der Waals surface area (Å²) in [5, 5.41) is 17.8. The van der Waals surface area contributed by atoms with Crippen LogP contribution in [0.1, 0.15) is 11.1 Å². The fourth-order valence-corrected chi connectivity index (χ4v) is 1.48. The van der Waals surface area contributed by atoms with Crippen LogP contribution in [-0.4, -0.2) is 24.3 Å². The molecule has 102 valence electrons. The molecule has 0 radical (unpaired) electrons. The van der Waals surface area contributed by atoms with Crippen LogP contribution in [0.4, 0.5) is 5.69 Å². The minimum absolute atomic E-state index is 0.185. The van der Waals surface area contributed by atoms with Gasteiger partial charge in [-0.05, 0) is 49.7 Å². The molecule has 2 aromatic rings. The first-order chi connectivity index (χ1) is 8.90. The molecule has 2 rings (SSSR count). The predicted octanol–water partition coefficient (Wildman–Crippen LogP) is 3.47. The number of benzene rings is 2. The van der Waals surface area contributed by atoms with E-state index in [2.05, 4.69) is 36.1 Å². The number of anilines is 1. The SMILES string of the molecule is Cc1cc(O)ccc1O.Cc1ccc(N(C)C)cc1. The van der Waals surface area contributed by atoms with Gasteiger partial charge < -0.3 is 15.1 Å². The molecule has 3 heteroatoms. The Morgan fingerprint density at radius 2 is 1.42 bits per heavy atom. The molecule has 0 amide bonds. The molecule has 0 atom stereocenters. The van der Waals surface area contributed by atoms with Gasteiger partial charge in [0, 0.05) is 19.8 Å². The average Bonchev–Trinajstić information content (AvgIpc) is 2.35. The number of phenols is 2. The van der Waals surface area contributed by atoms with Crippen LogP contribution in [0.2, 0.25) is 0 Å². The Kier molecular flexibility index (Phi) is 5.24. The summed E-state index contributed by atoms with van der Waals surface area (Å²) in [5.74, 6) is 0.401. The third-order valence-electron chi connectivity index (χ3n) is 2.73. The second-order valence-corrected chi connectivity index (χ2v) is 4.70. The predicted molar refractivity (Wildman–Crippen MR) is 80.0 cm³/mol. The summed E-state index contributed by atoms with van der Waals surface area (Å²) in [7, 11) is 4.09. The first kappa shape index (κ1) is 14.9. The Morgan fingerprint density at radius 1 is 0.842 bits per heavy atom. The second kappa shape index (κ2) is 6.69. The molecule has 0 aliphatic carbocycles. The molecule has 0 aliphatic rings. The maximum Gasteiger partial charge on any atom is 0.118 e. The van der Waals surface area contributed by atoms with Gasteiger partial charge in [-0.3, -0.25) is 0 Å². The van der Waals surface area contributed by atoms with Crippen LogP contribution >= 0.6 is 0 Å². The van der Waals surface area contributed by atoms with Crippen LogP contribution in [0.15, 0.2) is 42.5 Å². The van der Waals surface area contributed by atoms with E-state index in [4.69, 9.17) is 10.2 Å². The van der Waals surface area contributed by atoms with Crippen molar-refractivity contribution in [3.63, 3.8) is 0 Å². The molecule has 0 saturated heterocycles. The van der Waals surface area contributed by atoms with Gasteiger partial charge in [0.05, 0.1) is 0 Å². The second-order valence-electron chi connectivity index (χ2n) is 4.70. The summed E-state index contributed by atoms with van der Waals surface area (Å²) in [4.78, 5) is 2.10. The van der Waals surface area contributed by atoms with Crippen molar-refractivity contribution in [2.45, 2.75) is 13.8 Å². The van der Waals surface area contributed by atoms with E-state index < -0.39 is 0 Å². The molecule has 0 fully saturated rings. The Morgan fingerprint density at radius 3 is 1.84 bits per heavy atom. The van der Waals surface area contributed by atoms with Gasteiger partial charge in [0.2, 0.25) is 0 Å². The van der Waals surface area contributed by atoms with E-state index in [0.717, 1.165) is 0 Å². The highest BCUT2D eigenvalue weighted by Gasteiger charge is 1.93. The zero-order chi connectivity index (χ0) is 14.4. The summed E-state index contributed by atoms with van der Waals surface area (Å²) in [6.45, 7) is 3.83. The summed E-state index contributed by atoms with van der Waals surface area (Å²) in [6, 6.07) is 12.9. The summed E-state index contributed by atoms with van der Waals surface area (Å²) >= 11 is 0. The maximum absolute atomic E-state index is 8.93. The number of hydrogen-bond acceptors (Lipinski definition) is 3. The van der Waals surface area contributed by atoms with Crippen molar-refractivity contribution in [3.05, 3.63) is 53.6 Å². The maximum atomic E-state index is 8.93. The van der Waals surface area contributed by atoms with Gasteiger partial charge in [0.15, 0.2) is 0 Å². The average molecular weight is 259 g/mol. The first-order valence-electron chi connectivity index (χ1n) is 6.12. The fourth-order valence-electron chi connectivity index (χ4n) is 1.48. The van der Waals surface area contributed by atoms with Crippen LogP contribution < -0.4 is 4.90 Å². The molecule has 3 nitrogen and oxygen atoms in total. The number of aryl methyl sites for hydroxylation is 2. The van der Waals surface area contributed by atoms with Crippen molar-refractivity contribution in [2.24, 2.45) is 0 Å². The van der Waals surface area contributed by atoms with E-state index in [9.17, 15) is 0 Å². The summed E-state index contributed by atoms with van der Waals surface area (Å²) in [5.41, 5.74) is 3.26. The van der Waals surface area contributed by atoms with Crippen LogP contribution in [0.5, 0.6) is 11.5 Å². The van der Waals surface area contributed by atoms with E-state index in [1.165, 1.54) is 29.4 Å². The zero-order valence-electron chi connectivity index (χ0n) is 11.9. The Hall–Kier alpha value is -2.16. The Labute approximate surface area is 114 Å². The highest BCUT2D eigenvalue weighted by Crippen LogP contribution is 2.19. The van der Waals surface area contributed by atoms with Crippen molar-refractivity contribution < 1.29 is 10.2 Å². The number of nitrogens with zero attached hydrogens (tertiary/aromatic N) is 1. The lowest BCUT2D eigenvalue weighted by Crippen LogP contribution is -2.07. The number of hydrogen-bond donors (Lipinski definition) is 2. The largest absolute Gasteiger partial charge is 0.508 e. The Balaban J connectivity index is 0.000000191. The third-order valence-corrected chi connectivity index (χ3v) is 2.73. The van der Waals surface area contributed by atoms with E-state index in [1.807, 2.05) is 14.1 Å². The van der Waals surface area contributed by atoms with Crippen molar-refractivity contribution in [2.75, 3.05) is 19.0 Å². The highest BCUT2D eigenvalue weighted by molar-refractivity contribution is 5.45. The van der Waals surface area contributed by atoms with Gasteiger partial charge in [-0.15, -0.1) is 0 Å². The first-order valence-corrected chi connectivity index (χ1v) is 6.12. The Bertz CT molecular complexity index is 519. The van der Waals surface area contributed by atoms with Crippen LogP contribution in [0.25, 0.3) is 0 Å². The molecule has 0 aromatic heterocycles. The molecule has 0 spiro atoms. The van der Waals surface area contributed by atoms with Gasteiger partial charge in [0.25, 0.3) is 0 Å². The van der Waals surface area contributed by atoms with Crippen LogP contribution in [0, 0.1) is 13.8 Å². The van der Waals surface area contributed by atoms with Gasteiger partial charge in [-0.25, -0.2) is 0 Å². The minimum Gasteiger partial charge on any atom is -0.508 e. The van der Waals surface area contributed by atoms with Gasteiger partial charge in [0.1, 0.15) is 11.5 Å². The van der Waals surface area contributed by atoms with Crippen molar-refractivity contribution in [1.82, 2.24) is 0 Å². The number of phenolic OH excluding ortho intramolecular Hbond substituents is 2. The van der Waals surface area contributed by atoms with Crippen molar-refractivity contribution >= 4 is 5.69 Å². The molecule has 0 heterocycles. The van der Waals surface area contributed by atoms with E-state index in [-0.39, 0.29) is 11.5 Å². The minimum atomic E-state index is 0.185. The van der Waals surface area contributed by atoms with Crippen molar-refractivity contribution in [1.29, 1.82) is 0 Å². The standard InChI is InChI=1S/C9H13N.C7H8O2/c1-8-4-6-9(7-5-8)10(2)3;1-5-4-6(8)2-3-7(5)9/h4-7H,1-3H3;2-4,8-9H,1H3. The monoisotopic (exact) mass is 259 g/mol. The normalized spacial score (nSPS) is 9.47. The van der Waals surface area contributed by atoms with Gasteiger partial charge in [-0.1, -0.05) is 17.7 Å². The third kappa shape index (κ3) is 4.92. The van der Waals surface area contributed by atoms with Gasteiger partial charge >= 0.3 is 0 Å². The molecule has 0 saturated carbocycles. The molecular weight excluding hydrogens is 238 g/mol. The molecule has 19 heavy (non-hydrogen) atoms. The molecule has 2 aromatic carbocycles. The summed E-state index contributed by atoms with van der Waals surface area (Å²) < 4.78 is 0. The van der Waals surface area contributed by atoms with Crippen LogP contribution in [0.3, 0.4) is 0 Å². The number of aromatic hydroxyl groups is 2. The molecule has 0 bridgehead atoms. The lowest BCUT2D eigenvalue weighted by atomic mass is 10.2. The van der Waals surface area contributed by atoms with Gasteiger partial charge in [-0.2, -0.15) is 0 Å². The molecule has 2 N–H and O–H groups in total. The molecular formula is C16H21NO2. The highest BCUT2D eigenvalue weighted by atomic mass is 16.3. The zero-order valence-corrected chi connectivity index (χ0v) is 11.9. The topological polar surface area (TPSA) is 43.7 Å². The lowest BCUT2D eigenvalue weighted by molar-refractivity contribution is 0.456. The van der Waals surface area contributed by atoms with E-state index in [1.54, 1.807) is 6.92 Å². The fraction of sp³-hybridized carbons (Fsp3) is 0.250. The van der Waals surface area contributed by atoms with Crippen LogP contribution in [-0.2, 0) is 0 Å². The quantitative estimate of drug-likeness (QED) is 0.771. The van der Waals surface area contributed by atoms with Crippen molar-refractivity contribution in [3.8, 4) is 11.5 Å². The number of rotatable bonds is 1. The lowest BCUT2D eigenvalue weighted by Gasteiger charge is -2.11. The van der Waals surface area contributed by atoms with E-state index in [0.29, 0.717) is 5.56 Å². The smallest absolute Gasteiger partial charge is 0.118 e.